The number of hydrogen-bond donors (Lipinski definition) is 1. The fourth-order valence-electron chi connectivity index (χ4n) is 3.05. The first kappa shape index (κ1) is 14.6. The van der Waals surface area contributed by atoms with Crippen molar-refractivity contribution in [3.05, 3.63) is 47.8 Å². The van der Waals surface area contributed by atoms with Crippen LogP contribution >= 0.6 is 0 Å². The van der Waals surface area contributed by atoms with Gasteiger partial charge in [0.05, 0.1) is 13.2 Å². The zero-order chi connectivity index (χ0) is 15.4. The number of nitrogens with zero attached hydrogens (tertiary/aromatic N) is 2. The number of likely N-dealkylation sites (tertiary alicyclic amines) is 1. The third-order valence-electron chi connectivity index (χ3n) is 4.25. The maximum Gasteiger partial charge on any atom is 0.272 e. The van der Waals surface area contributed by atoms with Crippen LogP contribution in [0.4, 0.5) is 0 Å². The van der Waals surface area contributed by atoms with Crippen LogP contribution in [0.15, 0.2) is 36.5 Å². The lowest BCUT2D eigenvalue weighted by Gasteiger charge is -2.30. The van der Waals surface area contributed by atoms with E-state index in [2.05, 4.69) is 22.3 Å². The van der Waals surface area contributed by atoms with Gasteiger partial charge in [0.1, 0.15) is 11.4 Å². The second kappa shape index (κ2) is 6.64. The lowest BCUT2D eigenvalue weighted by molar-refractivity contribution is 0.0675. The maximum atomic E-state index is 12.8. The van der Waals surface area contributed by atoms with Crippen molar-refractivity contribution in [1.82, 2.24) is 15.1 Å². The van der Waals surface area contributed by atoms with Gasteiger partial charge in [-0.05, 0) is 36.6 Å². The first-order chi connectivity index (χ1) is 10.8. The summed E-state index contributed by atoms with van der Waals surface area (Å²) in [6.07, 6.45) is 5.97. The quantitative estimate of drug-likeness (QED) is 0.947. The highest BCUT2D eigenvalue weighted by Crippen LogP contribution is 2.32. The summed E-state index contributed by atoms with van der Waals surface area (Å²) in [4.78, 5) is 14.7. The Morgan fingerprint density at radius 3 is 2.73 bits per heavy atom. The number of aromatic amines is 1. The predicted molar refractivity (Wildman–Crippen MR) is 83.8 cm³/mol. The fraction of sp³-hybridized carbons (Fsp3) is 0.412. The van der Waals surface area contributed by atoms with Crippen molar-refractivity contribution >= 4 is 5.91 Å². The summed E-state index contributed by atoms with van der Waals surface area (Å²) < 4.78 is 5.22. The highest BCUT2D eigenvalue weighted by atomic mass is 16.5. The van der Waals surface area contributed by atoms with Gasteiger partial charge in [-0.3, -0.25) is 9.89 Å². The third kappa shape index (κ3) is 2.98. The zero-order valence-corrected chi connectivity index (χ0v) is 12.8. The summed E-state index contributed by atoms with van der Waals surface area (Å²) in [6.45, 7) is 0.786. The number of benzene rings is 1. The molecule has 0 spiro atoms. The molecule has 0 saturated carbocycles. The molecule has 0 radical (unpaired) electrons. The van der Waals surface area contributed by atoms with Crippen LogP contribution in [0.5, 0.6) is 5.75 Å². The molecule has 1 aromatic carbocycles. The lowest BCUT2D eigenvalue weighted by Crippen LogP contribution is -2.35. The van der Waals surface area contributed by atoms with E-state index in [0.29, 0.717) is 5.69 Å². The van der Waals surface area contributed by atoms with Crippen molar-refractivity contribution in [1.29, 1.82) is 0 Å². The van der Waals surface area contributed by atoms with Crippen LogP contribution in [0.1, 0.15) is 47.8 Å². The van der Waals surface area contributed by atoms with Gasteiger partial charge in [-0.2, -0.15) is 5.10 Å². The van der Waals surface area contributed by atoms with Gasteiger partial charge < -0.3 is 9.64 Å². The number of methoxy groups -OCH3 is 1. The molecule has 2 heterocycles. The molecule has 5 heteroatoms. The van der Waals surface area contributed by atoms with Gasteiger partial charge in [-0.25, -0.2) is 0 Å². The third-order valence-corrected chi connectivity index (χ3v) is 4.25. The number of aromatic nitrogens is 2. The number of carbonyl (C=O) groups is 1. The molecule has 22 heavy (non-hydrogen) atoms. The first-order valence-corrected chi connectivity index (χ1v) is 7.74. The van der Waals surface area contributed by atoms with Crippen LogP contribution in [0, 0.1) is 0 Å². The average Bonchev–Trinajstić information content (AvgIpc) is 2.99. The topological polar surface area (TPSA) is 58.2 Å². The van der Waals surface area contributed by atoms with Crippen LogP contribution in [-0.2, 0) is 0 Å². The molecule has 1 fully saturated rings. The van der Waals surface area contributed by atoms with Crippen LogP contribution in [0.25, 0.3) is 0 Å². The van der Waals surface area contributed by atoms with Crippen molar-refractivity contribution in [2.45, 2.75) is 31.7 Å². The Morgan fingerprint density at radius 1 is 1.23 bits per heavy atom. The molecule has 3 rings (SSSR count). The van der Waals surface area contributed by atoms with E-state index >= 15 is 0 Å². The van der Waals surface area contributed by atoms with E-state index in [0.717, 1.165) is 37.1 Å². The Bertz CT molecular complexity index is 607. The van der Waals surface area contributed by atoms with Crippen LogP contribution in [-0.4, -0.2) is 34.7 Å². The molecule has 116 valence electrons. The Morgan fingerprint density at radius 2 is 2.05 bits per heavy atom. The highest BCUT2D eigenvalue weighted by Gasteiger charge is 2.28. The maximum absolute atomic E-state index is 12.8. The van der Waals surface area contributed by atoms with E-state index in [1.165, 1.54) is 6.42 Å². The molecule has 1 aliphatic heterocycles. The summed E-state index contributed by atoms with van der Waals surface area (Å²) in [5.41, 5.74) is 1.72. The standard InChI is InChI=1S/C17H21N3O2/c1-22-14-8-6-13(7-9-14)16-5-3-2-4-12-20(16)17(21)15-10-11-18-19-15/h6-11,16H,2-5,12H2,1H3,(H,18,19)/t16-/m0/s1. The Hall–Kier alpha value is -2.30. The Kier molecular flexibility index (Phi) is 4.42. The molecule has 1 N–H and O–H groups in total. The average molecular weight is 299 g/mol. The number of rotatable bonds is 3. The number of nitrogens with one attached hydrogen (secondary N) is 1. The second-order valence-corrected chi connectivity index (χ2v) is 5.61. The minimum Gasteiger partial charge on any atom is -0.497 e. The van der Waals surface area contributed by atoms with Crippen molar-refractivity contribution in [2.75, 3.05) is 13.7 Å². The molecule has 1 saturated heterocycles. The summed E-state index contributed by atoms with van der Waals surface area (Å²) in [5, 5.41) is 6.68. The van der Waals surface area contributed by atoms with E-state index in [1.54, 1.807) is 19.4 Å². The van der Waals surface area contributed by atoms with Gasteiger partial charge in [0.15, 0.2) is 0 Å². The smallest absolute Gasteiger partial charge is 0.272 e. The van der Waals surface area contributed by atoms with E-state index in [4.69, 9.17) is 4.74 Å². The van der Waals surface area contributed by atoms with Crippen LogP contribution < -0.4 is 4.74 Å². The normalized spacial score (nSPS) is 18.8. The van der Waals surface area contributed by atoms with Crippen LogP contribution in [0.3, 0.4) is 0 Å². The predicted octanol–water partition coefficient (Wildman–Crippen LogP) is 3.18. The zero-order valence-electron chi connectivity index (χ0n) is 12.8. The van der Waals surface area contributed by atoms with E-state index in [-0.39, 0.29) is 11.9 Å². The molecule has 1 aromatic heterocycles. The van der Waals surface area contributed by atoms with E-state index in [9.17, 15) is 4.79 Å². The summed E-state index contributed by atoms with van der Waals surface area (Å²) in [6, 6.07) is 9.88. The highest BCUT2D eigenvalue weighted by molar-refractivity contribution is 5.92. The summed E-state index contributed by atoms with van der Waals surface area (Å²) >= 11 is 0. The molecular formula is C17H21N3O2. The molecular weight excluding hydrogens is 278 g/mol. The van der Waals surface area contributed by atoms with Gasteiger partial charge in [-0.15, -0.1) is 0 Å². The Balaban J connectivity index is 1.88. The minimum absolute atomic E-state index is 0.0280. The van der Waals surface area contributed by atoms with Gasteiger partial charge >= 0.3 is 0 Å². The minimum atomic E-state index is 0.0280. The molecule has 0 bridgehead atoms. The SMILES string of the molecule is COc1ccc([C@@H]2CCCCCN2C(=O)c2ccn[nH]2)cc1. The molecule has 1 atom stereocenters. The van der Waals surface area contributed by atoms with E-state index < -0.39 is 0 Å². The van der Waals surface area contributed by atoms with Gasteiger partial charge in [0, 0.05) is 12.7 Å². The largest absolute Gasteiger partial charge is 0.497 e. The summed E-state index contributed by atoms with van der Waals surface area (Å²) in [7, 11) is 1.66. The van der Waals surface area contributed by atoms with Gasteiger partial charge in [0.25, 0.3) is 5.91 Å². The molecule has 1 aliphatic rings. The number of amides is 1. The first-order valence-electron chi connectivity index (χ1n) is 7.74. The fourth-order valence-corrected chi connectivity index (χ4v) is 3.05. The molecule has 2 aromatic rings. The second-order valence-electron chi connectivity index (χ2n) is 5.61. The molecule has 0 unspecified atom stereocenters. The molecule has 5 nitrogen and oxygen atoms in total. The number of hydrogen-bond acceptors (Lipinski definition) is 3. The monoisotopic (exact) mass is 299 g/mol. The number of carbonyl (C=O) groups excluding carboxylic acids is 1. The molecule has 0 aliphatic carbocycles. The number of H-pyrrole nitrogens is 1. The van der Waals surface area contributed by atoms with Gasteiger partial charge in [-0.1, -0.05) is 25.0 Å². The van der Waals surface area contributed by atoms with Crippen molar-refractivity contribution < 1.29 is 9.53 Å². The van der Waals surface area contributed by atoms with E-state index in [1.807, 2.05) is 17.0 Å². The number of ether oxygens (including phenoxy) is 1. The summed E-state index contributed by atoms with van der Waals surface area (Å²) in [5.74, 6) is 0.865. The molecule has 1 amide bonds. The van der Waals surface area contributed by atoms with Crippen molar-refractivity contribution in [3.63, 3.8) is 0 Å². The lowest BCUT2D eigenvalue weighted by atomic mass is 10.0. The van der Waals surface area contributed by atoms with Crippen molar-refractivity contribution in [3.8, 4) is 5.75 Å². The van der Waals surface area contributed by atoms with Gasteiger partial charge in [0.2, 0.25) is 0 Å². The van der Waals surface area contributed by atoms with Crippen molar-refractivity contribution in [2.24, 2.45) is 0 Å². The van der Waals surface area contributed by atoms with Crippen LogP contribution in [0.2, 0.25) is 0 Å². The Labute approximate surface area is 130 Å².